The van der Waals surface area contributed by atoms with E-state index < -0.39 is 6.10 Å². The summed E-state index contributed by atoms with van der Waals surface area (Å²) >= 11 is 12.1. The molecule has 0 aliphatic rings. The van der Waals surface area contributed by atoms with E-state index in [2.05, 4.69) is 18.7 Å². The van der Waals surface area contributed by atoms with E-state index in [1.54, 1.807) is 6.07 Å². The Morgan fingerprint density at radius 1 is 1.05 bits per heavy atom. The summed E-state index contributed by atoms with van der Waals surface area (Å²) in [6, 6.07) is 3.62. The van der Waals surface area contributed by atoms with Crippen LogP contribution in [0.15, 0.2) is 12.1 Å². The SMILES string of the molecule is CCCCN(CCCC)CC(O)c1cc(Cl)c(Cl)cc1C. The lowest BCUT2D eigenvalue weighted by Crippen LogP contribution is -2.31. The molecule has 0 radical (unpaired) electrons. The maximum absolute atomic E-state index is 10.5. The van der Waals surface area contributed by atoms with Gasteiger partial charge >= 0.3 is 0 Å². The molecule has 0 spiro atoms. The highest BCUT2D eigenvalue weighted by molar-refractivity contribution is 6.42. The van der Waals surface area contributed by atoms with Gasteiger partial charge in [0.05, 0.1) is 16.1 Å². The van der Waals surface area contributed by atoms with Crippen molar-refractivity contribution in [2.75, 3.05) is 19.6 Å². The van der Waals surface area contributed by atoms with Crippen LogP contribution in [-0.2, 0) is 0 Å². The number of aliphatic hydroxyl groups is 1. The van der Waals surface area contributed by atoms with Crippen molar-refractivity contribution in [2.45, 2.75) is 52.6 Å². The van der Waals surface area contributed by atoms with Crippen LogP contribution in [0.1, 0.15) is 56.8 Å². The lowest BCUT2D eigenvalue weighted by atomic mass is 10.0. The fraction of sp³-hybridized carbons (Fsp3) is 0.647. The maximum Gasteiger partial charge on any atom is 0.0920 e. The molecule has 21 heavy (non-hydrogen) atoms. The number of hydrogen-bond acceptors (Lipinski definition) is 2. The largest absolute Gasteiger partial charge is 0.387 e. The van der Waals surface area contributed by atoms with E-state index >= 15 is 0 Å². The average Bonchev–Trinajstić information content (AvgIpc) is 2.45. The van der Waals surface area contributed by atoms with Gasteiger partial charge in [-0.15, -0.1) is 0 Å². The highest BCUT2D eigenvalue weighted by Crippen LogP contribution is 2.29. The van der Waals surface area contributed by atoms with Crippen LogP contribution in [0.5, 0.6) is 0 Å². The van der Waals surface area contributed by atoms with Gasteiger partial charge in [0, 0.05) is 6.54 Å². The first kappa shape index (κ1) is 18.8. The predicted molar refractivity (Wildman–Crippen MR) is 92.4 cm³/mol. The molecule has 1 unspecified atom stereocenters. The van der Waals surface area contributed by atoms with Crippen molar-refractivity contribution in [1.82, 2.24) is 4.90 Å². The molecule has 1 N–H and O–H groups in total. The van der Waals surface area contributed by atoms with Crippen LogP contribution in [0.25, 0.3) is 0 Å². The zero-order chi connectivity index (χ0) is 15.8. The first-order valence-corrected chi connectivity index (χ1v) is 8.61. The number of halogens is 2. The Hall–Kier alpha value is -0.280. The van der Waals surface area contributed by atoms with Crippen molar-refractivity contribution in [3.63, 3.8) is 0 Å². The van der Waals surface area contributed by atoms with Crippen molar-refractivity contribution in [2.24, 2.45) is 0 Å². The summed E-state index contributed by atoms with van der Waals surface area (Å²) in [6.07, 6.45) is 4.15. The van der Waals surface area contributed by atoms with E-state index in [9.17, 15) is 5.11 Å². The minimum absolute atomic E-state index is 0.505. The lowest BCUT2D eigenvalue weighted by Gasteiger charge is -2.26. The first-order chi connectivity index (χ1) is 9.99. The average molecular weight is 332 g/mol. The Morgan fingerprint density at radius 3 is 2.10 bits per heavy atom. The third-order valence-corrected chi connectivity index (χ3v) is 4.48. The molecule has 0 saturated carbocycles. The quantitative estimate of drug-likeness (QED) is 0.669. The molecule has 1 aromatic rings. The van der Waals surface area contributed by atoms with E-state index in [4.69, 9.17) is 23.2 Å². The zero-order valence-corrected chi connectivity index (χ0v) is 14.8. The zero-order valence-electron chi connectivity index (χ0n) is 13.3. The molecule has 0 aromatic heterocycles. The van der Waals surface area contributed by atoms with Crippen LogP contribution in [0.2, 0.25) is 10.0 Å². The Balaban J connectivity index is 2.75. The third-order valence-electron chi connectivity index (χ3n) is 3.75. The molecule has 0 bridgehead atoms. The number of unbranched alkanes of at least 4 members (excludes halogenated alkanes) is 2. The predicted octanol–water partition coefficient (Wildman–Crippen LogP) is 5.24. The Labute approximate surface area is 139 Å². The molecule has 0 aliphatic heterocycles. The normalized spacial score (nSPS) is 12.9. The fourth-order valence-electron chi connectivity index (χ4n) is 2.42. The molecule has 1 rings (SSSR count). The molecule has 0 fully saturated rings. The molecule has 1 aromatic carbocycles. The molecule has 0 heterocycles. The van der Waals surface area contributed by atoms with Crippen LogP contribution in [0.4, 0.5) is 0 Å². The van der Waals surface area contributed by atoms with Crippen molar-refractivity contribution < 1.29 is 5.11 Å². The Kier molecular flexibility index (Phi) is 8.65. The summed E-state index contributed by atoms with van der Waals surface area (Å²) in [5, 5.41) is 11.6. The molecule has 0 saturated heterocycles. The second-order valence-corrected chi connectivity index (χ2v) is 6.46. The van der Waals surface area contributed by atoms with Crippen LogP contribution in [0, 0.1) is 6.92 Å². The van der Waals surface area contributed by atoms with Crippen molar-refractivity contribution in [3.8, 4) is 0 Å². The number of nitrogens with zero attached hydrogens (tertiary/aromatic N) is 1. The van der Waals surface area contributed by atoms with Crippen LogP contribution in [0.3, 0.4) is 0 Å². The van der Waals surface area contributed by atoms with E-state index in [-0.39, 0.29) is 0 Å². The van der Waals surface area contributed by atoms with Crippen molar-refractivity contribution in [3.05, 3.63) is 33.3 Å². The Morgan fingerprint density at radius 2 is 1.57 bits per heavy atom. The summed E-state index contributed by atoms with van der Waals surface area (Å²) < 4.78 is 0. The number of hydrogen-bond donors (Lipinski definition) is 1. The van der Waals surface area contributed by atoms with Crippen molar-refractivity contribution in [1.29, 1.82) is 0 Å². The molecule has 2 nitrogen and oxygen atoms in total. The smallest absolute Gasteiger partial charge is 0.0920 e. The monoisotopic (exact) mass is 331 g/mol. The highest BCUT2D eigenvalue weighted by Gasteiger charge is 2.16. The minimum Gasteiger partial charge on any atom is -0.387 e. The van der Waals surface area contributed by atoms with Crippen LogP contribution >= 0.6 is 23.2 Å². The highest BCUT2D eigenvalue weighted by atomic mass is 35.5. The minimum atomic E-state index is -0.520. The van der Waals surface area contributed by atoms with Gasteiger partial charge in [0.15, 0.2) is 0 Å². The van der Waals surface area contributed by atoms with Gasteiger partial charge in [-0.25, -0.2) is 0 Å². The van der Waals surface area contributed by atoms with Gasteiger partial charge in [0.25, 0.3) is 0 Å². The Bertz CT molecular complexity index is 429. The van der Waals surface area contributed by atoms with Crippen molar-refractivity contribution >= 4 is 23.2 Å². The summed E-state index contributed by atoms with van der Waals surface area (Å²) in [5.41, 5.74) is 1.87. The number of rotatable bonds is 9. The van der Waals surface area contributed by atoms with Gasteiger partial charge in [-0.1, -0.05) is 49.9 Å². The second kappa shape index (κ2) is 9.68. The fourth-order valence-corrected chi connectivity index (χ4v) is 2.81. The van der Waals surface area contributed by atoms with Gasteiger partial charge in [0.2, 0.25) is 0 Å². The van der Waals surface area contributed by atoms with Gasteiger partial charge in [-0.2, -0.15) is 0 Å². The van der Waals surface area contributed by atoms with Crippen LogP contribution < -0.4 is 0 Å². The first-order valence-electron chi connectivity index (χ1n) is 7.85. The lowest BCUT2D eigenvalue weighted by molar-refractivity contribution is 0.110. The van der Waals surface area contributed by atoms with Gasteiger partial charge < -0.3 is 10.0 Å². The summed E-state index contributed by atoms with van der Waals surface area (Å²) in [6.45, 7) is 9.07. The van der Waals surface area contributed by atoms with Gasteiger partial charge in [-0.05, 0) is 56.1 Å². The standard InChI is InChI=1S/C17H27Cl2NO/c1-4-6-8-20(9-7-5-2)12-17(21)14-11-16(19)15(18)10-13(14)3/h10-11,17,21H,4-9,12H2,1-3H3. The van der Waals surface area contributed by atoms with Gasteiger partial charge in [0.1, 0.15) is 0 Å². The van der Waals surface area contributed by atoms with Gasteiger partial charge in [-0.3, -0.25) is 0 Å². The molecule has 1 atom stereocenters. The van der Waals surface area contributed by atoms with E-state index in [0.717, 1.165) is 37.1 Å². The van der Waals surface area contributed by atoms with E-state index in [1.165, 1.54) is 12.8 Å². The second-order valence-electron chi connectivity index (χ2n) is 5.65. The molecule has 120 valence electrons. The summed E-state index contributed by atoms with van der Waals surface area (Å²) in [5.74, 6) is 0. The number of benzene rings is 1. The van der Waals surface area contributed by atoms with Crippen LogP contribution in [-0.4, -0.2) is 29.6 Å². The molecular formula is C17H27Cl2NO. The molecular weight excluding hydrogens is 305 g/mol. The molecule has 4 heteroatoms. The molecule has 0 aliphatic carbocycles. The van der Waals surface area contributed by atoms with E-state index in [1.807, 2.05) is 13.0 Å². The maximum atomic E-state index is 10.5. The third kappa shape index (κ3) is 6.15. The number of aryl methyl sites for hydroxylation is 1. The summed E-state index contributed by atoms with van der Waals surface area (Å²) in [7, 11) is 0. The topological polar surface area (TPSA) is 23.5 Å². The van der Waals surface area contributed by atoms with E-state index in [0.29, 0.717) is 16.6 Å². The number of aliphatic hydroxyl groups excluding tert-OH is 1. The summed E-state index contributed by atoms with van der Waals surface area (Å²) in [4.78, 5) is 2.35. The molecule has 0 amide bonds.